The Morgan fingerprint density at radius 3 is 2.10 bits per heavy atom. The Balaban J connectivity index is 2.79. The first-order chi connectivity index (χ1) is 9.10. The van der Waals surface area contributed by atoms with Crippen molar-refractivity contribution in [2.45, 2.75) is 45.7 Å². The Labute approximate surface area is 121 Å². The SMILES string of the molecule is C=CC(=O)N1C(C)(C)CN(CCOC(C)=O)CC1(C)C. The Morgan fingerprint density at radius 1 is 1.20 bits per heavy atom. The third kappa shape index (κ3) is 3.82. The van der Waals surface area contributed by atoms with Crippen LogP contribution in [-0.4, -0.2) is 59.0 Å². The number of hydrogen-bond acceptors (Lipinski definition) is 4. The van der Waals surface area contributed by atoms with Gasteiger partial charge < -0.3 is 9.64 Å². The van der Waals surface area contributed by atoms with E-state index in [-0.39, 0.29) is 23.0 Å². The van der Waals surface area contributed by atoms with Gasteiger partial charge >= 0.3 is 5.97 Å². The van der Waals surface area contributed by atoms with Gasteiger partial charge in [-0.15, -0.1) is 0 Å². The van der Waals surface area contributed by atoms with Crippen molar-refractivity contribution in [1.82, 2.24) is 9.80 Å². The molecule has 1 rings (SSSR count). The van der Waals surface area contributed by atoms with Gasteiger partial charge in [-0.25, -0.2) is 0 Å². The average molecular weight is 282 g/mol. The molecule has 1 aliphatic rings. The molecule has 0 aromatic carbocycles. The first-order valence-corrected chi connectivity index (χ1v) is 6.92. The van der Waals surface area contributed by atoms with Crippen molar-refractivity contribution in [3.8, 4) is 0 Å². The summed E-state index contributed by atoms with van der Waals surface area (Å²) in [5.74, 6) is -0.302. The third-order valence-electron chi connectivity index (χ3n) is 3.54. The molecule has 0 spiro atoms. The lowest BCUT2D eigenvalue weighted by Crippen LogP contribution is -2.70. The lowest BCUT2D eigenvalue weighted by atomic mass is 9.87. The molecule has 0 N–H and O–H groups in total. The summed E-state index contributed by atoms with van der Waals surface area (Å²) in [5, 5.41) is 0. The molecule has 1 amide bonds. The van der Waals surface area contributed by atoms with Gasteiger partial charge in [-0.05, 0) is 33.8 Å². The van der Waals surface area contributed by atoms with Crippen LogP contribution in [0.1, 0.15) is 34.6 Å². The number of ether oxygens (including phenoxy) is 1. The van der Waals surface area contributed by atoms with Crippen molar-refractivity contribution < 1.29 is 14.3 Å². The Kier molecular flexibility index (Phi) is 4.97. The molecule has 1 aliphatic heterocycles. The molecule has 1 fully saturated rings. The Bertz CT molecular complexity index is 384. The molecule has 0 bridgehead atoms. The van der Waals surface area contributed by atoms with Crippen LogP contribution in [0.3, 0.4) is 0 Å². The maximum absolute atomic E-state index is 12.1. The van der Waals surface area contributed by atoms with E-state index in [0.29, 0.717) is 13.2 Å². The molecule has 1 saturated heterocycles. The van der Waals surface area contributed by atoms with Crippen LogP contribution in [0.5, 0.6) is 0 Å². The minimum absolute atomic E-state index is 0.0420. The summed E-state index contributed by atoms with van der Waals surface area (Å²) in [6.45, 7) is 15.8. The summed E-state index contributed by atoms with van der Waals surface area (Å²) in [4.78, 5) is 27.1. The molecule has 0 aromatic rings. The summed E-state index contributed by atoms with van der Waals surface area (Å²) < 4.78 is 5.00. The number of hydrogen-bond donors (Lipinski definition) is 0. The van der Waals surface area contributed by atoms with E-state index >= 15 is 0 Å². The zero-order chi connectivity index (χ0) is 15.6. The summed E-state index contributed by atoms with van der Waals surface area (Å²) in [6, 6.07) is 0. The lowest BCUT2D eigenvalue weighted by Gasteiger charge is -2.56. The number of esters is 1. The van der Waals surface area contributed by atoms with Crippen molar-refractivity contribution in [3.63, 3.8) is 0 Å². The first-order valence-electron chi connectivity index (χ1n) is 6.92. The van der Waals surface area contributed by atoms with E-state index in [4.69, 9.17) is 4.74 Å². The highest BCUT2D eigenvalue weighted by Gasteiger charge is 2.46. The fourth-order valence-electron chi connectivity index (χ4n) is 3.28. The predicted octanol–water partition coefficient (Wildman–Crippen LogP) is 1.44. The van der Waals surface area contributed by atoms with Gasteiger partial charge in [0.15, 0.2) is 0 Å². The van der Waals surface area contributed by atoms with Gasteiger partial charge in [-0.2, -0.15) is 0 Å². The smallest absolute Gasteiger partial charge is 0.302 e. The Hall–Kier alpha value is -1.36. The van der Waals surface area contributed by atoms with Crippen LogP contribution >= 0.6 is 0 Å². The van der Waals surface area contributed by atoms with E-state index in [1.54, 1.807) is 0 Å². The van der Waals surface area contributed by atoms with Crippen molar-refractivity contribution in [3.05, 3.63) is 12.7 Å². The molecule has 0 aliphatic carbocycles. The van der Waals surface area contributed by atoms with Crippen LogP contribution in [0.25, 0.3) is 0 Å². The number of rotatable bonds is 4. The maximum atomic E-state index is 12.1. The second-order valence-corrected chi connectivity index (χ2v) is 6.55. The summed E-state index contributed by atoms with van der Waals surface area (Å²) in [5.41, 5.74) is -0.577. The molecule has 1 heterocycles. The molecule has 20 heavy (non-hydrogen) atoms. The monoisotopic (exact) mass is 282 g/mol. The van der Waals surface area contributed by atoms with Gasteiger partial charge in [0, 0.05) is 26.6 Å². The van der Waals surface area contributed by atoms with E-state index in [9.17, 15) is 9.59 Å². The summed E-state index contributed by atoms with van der Waals surface area (Å²) in [6.07, 6.45) is 1.37. The van der Waals surface area contributed by atoms with Crippen LogP contribution in [-0.2, 0) is 14.3 Å². The van der Waals surface area contributed by atoms with Crippen molar-refractivity contribution in [2.75, 3.05) is 26.2 Å². The minimum Gasteiger partial charge on any atom is -0.465 e. The molecule has 5 nitrogen and oxygen atoms in total. The van der Waals surface area contributed by atoms with Crippen LogP contribution < -0.4 is 0 Å². The second-order valence-electron chi connectivity index (χ2n) is 6.55. The average Bonchev–Trinajstić information content (AvgIpc) is 2.24. The molecule has 114 valence electrons. The minimum atomic E-state index is -0.288. The largest absolute Gasteiger partial charge is 0.465 e. The first kappa shape index (κ1) is 16.7. The number of carbonyl (C=O) groups is 2. The molecule has 0 unspecified atom stereocenters. The topological polar surface area (TPSA) is 49.9 Å². The van der Waals surface area contributed by atoms with Gasteiger partial charge in [0.25, 0.3) is 0 Å². The van der Waals surface area contributed by atoms with Crippen LogP contribution in [0.15, 0.2) is 12.7 Å². The molecule has 5 heteroatoms. The van der Waals surface area contributed by atoms with Crippen molar-refractivity contribution >= 4 is 11.9 Å². The Morgan fingerprint density at radius 2 is 1.70 bits per heavy atom. The fraction of sp³-hybridized carbons (Fsp3) is 0.733. The zero-order valence-corrected chi connectivity index (χ0v) is 13.2. The van der Waals surface area contributed by atoms with E-state index in [1.165, 1.54) is 13.0 Å². The van der Waals surface area contributed by atoms with E-state index in [2.05, 4.69) is 11.5 Å². The molecule has 0 saturated carbocycles. The maximum Gasteiger partial charge on any atom is 0.302 e. The van der Waals surface area contributed by atoms with Crippen LogP contribution in [0, 0.1) is 0 Å². The second kappa shape index (κ2) is 5.95. The fourth-order valence-corrected chi connectivity index (χ4v) is 3.28. The highest BCUT2D eigenvalue weighted by Crippen LogP contribution is 2.32. The van der Waals surface area contributed by atoms with Gasteiger partial charge in [-0.1, -0.05) is 6.58 Å². The third-order valence-corrected chi connectivity index (χ3v) is 3.54. The lowest BCUT2D eigenvalue weighted by molar-refractivity contribution is -0.149. The highest BCUT2D eigenvalue weighted by molar-refractivity contribution is 5.88. The van der Waals surface area contributed by atoms with Crippen LogP contribution in [0.4, 0.5) is 0 Å². The molecule has 0 aromatic heterocycles. The van der Waals surface area contributed by atoms with Gasteiger partial charge in [0.2, 0.25) is 5.91 Å². The molecular weight excluding hydrogens is 256 g/mol. The van der Waals surface area contributed by atoms with Gasteiger partial charge in [-0.3, -0.25) is 14.5 Å². The predicted molar refractivity (Wildman–Crippen MR) is 78.3 cm³/mol. The number of piperazine rings is 1. The standard InChI is InChI=1S/C15H26N2O3/c1-7-13(19)17-14(3,4)10-16(11-15(17,5)6)8-9-20-12(2)18/h7H,1,8-11H2,2-6H3. The van der Waals surface area contributed by atoms with E-state index in [0.717, 1.165) is 13.1 Å². The number of nitrogens with zero attached hydrogens (tertiary/aromatic N) is 2. The van der Waals surface area contributed by atoms with Gasteiger partial charge in [0.05, 0.1) is 11.1 Å². The normalized spacial score (nSPS) is 21.4. The highest BCUT2D eigenvalue weighted by atomic mass is 16.5. The molecular formula is C15H26N2O3. The van der Waals surface area contributed by atoms with E-state index in [1.807, 2.05) is 32.6 Å². The van der Waals surface area contributed by atoms with Crippen molar-refractivity contribution in [2.24, 2.45) is 0 Å². The van der Waals surface area contributed by atoms with E-state index < -0.39 is 0 Å². The van der Waals surface area contributed by atoms with Crippen molar-refractivity contribution in [1.29, 1.82) is 0 Å². The van der Waals surface area contributed by atoms with Crippen LogP contribution in [0.2, 0.25) is 0 Å². The number of amides is 1. The quantitative estimate of drug-likeness (QED) is 0.578. The zero-order valence-electron chi connectivity index (χ0n) is 13.2. The summed E-state index contributed by atoms with van der Waals surface area (Å²) in [7, 11) is 0. The number of carbonyl (C=O) groups excluding carboxylic acids is 2. The van der Waals surface area contributed by atoms with Gasteiger partial charge in [0.1, 0.15) is 6.61 Å². The summed E-state index contributed by atoms with van der Waals surface area (Å²) >= 11 is 0. The molecule has 0 radical (unpaired) electrons. The molecule has 0 atom stereocenters.